The lowest BCUT2D eigenvalue weighted by Gasteiger charge is -2.36. The van der Waals surface area contributed by atoms with Gasteiger partial charge in [0.1, 0.15) is 4.90 Å². The maximum Gasteiger partial charge on any atom is 0.501 e. The van der Waals surface area contributed by atoms with Gasteiger partial charge >= 0.3 is 5.51 Å². The number of nitrogens with one attached hydrogen (secondary N) is 2. The number of thioether (sulfide) groups is 1. The van der Waals surface area contributed by atoms with Gasteiger partial charge in [-0.2, -0.15) is 13.2 Å². The van der Waals surface area contributed by atoms with E-state index in [1.165, 1.54) is 23.9 Å². The second-order valence-corrected chi connectivity index (χ2v) is 14.4. The number of rotatable bonds is 12. The zero-order valence-electron chi connectivity index (χ0n) is 23.9. The first-order valence-corrected chi connectivity index (χ1v) is 17.1. The molecule has 7 nitrogen and oxygen atoms in total. The molecule has 1 saturated heterocycles. The summed E-state index contributed by atoms with van der Waals surface area (Å²) in [5, 5.41) is 2.82. The minimum absolute atomic E-state index is 0.149. The SMILES string of the molecule is CC(C)CN1CCN(c2ccc(C(=O)NSc3ccc(NCCSc4ccccc4)c(S(=O)(=O)C(F)(F)F)c3)cc2)CC1. The molecule has 1 amide bonds. The van der Waals surface area contributed by atoms with Crippen LogP contribution >= 0.6 is 23.7 Å². The van der Waals surface area contributed by atoms with Gasteiger partial charge in [0.05, 0.1) is 5.69 Å². The average molecular weight is 653 g/mol. The quantitative estimate of drug-likeness (QED) is 0.132. The van der Waals surface area contributed by atoms with Crippen LogP contribution in [0.15, 0.2) is 87.5 Å². The Morgan fingerprint density at radius 3 is 2.23 bits per heavy atom. The minimum atomic E-state index is -5.64. The summed E-state index contributed by atoms with van der Waals surface area (Å²) in [6.45, 7) is 9.47. The van der Waals surface area contributed by atoms with Crippen molar-refractivity contribution in [2.24, 2.45) is 5.92 Å². The third kappa shape index (κ3) is 9.07. The van der Waals surface area contributed by atoms with Crippen LogP contribution in [0.2, 0.25) is 0 Å². The Hall–Kier alpha value is -2.87. The van der Waals surface area contributed by atoms with E-state index in [0.717, 1.165) is 61.3 Å². The van der Waals surface area contributed by atoms with E-state index in [9.17, 15) is 26.4 Å². The lowest BCUT2D eigenvalue weighted by molar-refractivity contribution is -0.0435. The number of alkyl halides is 3. The van der Waals surface area contributed by atoms with Crippen molar-refractivity contribution >= 4 is 50.8 Å². The second kappa shape index (κ2) is 14.7. The number of carbonyl (C=O) groups excluding carboxylic acids is 1. The van der Waals surface area contributed by atoms with Crippen molar-refractivity contribution in [2.45, 2.75) is 34.0 Å². The maximum absolute atomic E-state index is 13.5. The van der Waals surface area contributed by atoms with Crippen molar-refractivity contribution in [1.29, 1.82) is 0 Å². The highest BCUT2D eigenvalue weighted by Crippen LogP contribution is 2.36. The molecule has 0 radical (unpaired) electrons. The molecule has 0 aromatic heterocycles. The molecule has 2 N–H and O–H groups in total. The van der Waals surface area contributed by atoms with Crippen molar-refractivity contribution in [2.75, 3.05) is 55.2 Å². The summed E-state index contributed by atoms with van der Waals surface area (Å²) in [6, 6.07) is 20.3. The van der Waals surface area contributed by atoms with Gasteiger partial charge in [-0.25, -0.2) is 8.42 Å². The van der Waals surface area contributed by atoms with E-state index in [2.05, 4.69) is 33.7 Å². The molecule has 1 aliphatic rings. The second-order valence-electron chi connectivity index (χ2n) is 10.5. The molecule has 0 bridgehead atoms. The Bertz CT molecular complexity index is 1460. The van der Waals surface area contributed by atoms with Crippen LogP contribution in [0.1, 0.15) is 24.2 Å². The fourth-order valence-electron chi connectivity index (χ4n) is 4.62. The molecule has 1 aliphatic heterocycles. The van der Waals surface area contributed by atoms with Gasteiger partial charge in [0.25, 0.3) is 15.7 Å². The summed E-state index contributed by atoms with van der Waals surface area (Å²) in [6.07, 6.45) is 0. The molecular weight excluding hydrogens is 618 g/mol. The van der Waals surface area contributed by atoms with Crippen molar-refractivity contribution < 1.29 is 26.4 Å². The number of anilines is 2. The van der Waals surface area contributed by atoms with Crippen molar-refractivity contribution in [3.63, 3.8) is 0 Å². The lowest BCUT2D eigenvalue weighted by Crippen LogP contribution is -2.47. The van der Waals surface area contributed by atoms with Gasteiger partial charge < -0.3 is 10.2 Å². The summed E-state index contributed by atoms with van der Waals surface area (Å²) in [5.74, 6) is 0.681. The summed E-state index contributed by atoms with van der Waals surface area (Å²) >= 11 is 2.25. The number of sulfone groups is 1. The van der Waals surface area contributed by atoms with Crippen molar-refractivity contribution in [1.82, 2.24) is 9.62 Å². The number of piperazine rings is 1. The summed E-state index contributed by atoms with van der Waals surface area (Å²) < 4.78 is 67.9. The Kier molecular flexibility index (Phi) is 11.3. The first-order chi connectivity index (χ1) is 20.4. The van der Waals surface area contributed by atoms with Gasteiger partial charge in [0.2, 0.25) is 0 Å². The molecule has 1 fully saturated rings. The predicted molar refractivity (Wildman–Crippen MR) is 169 cm³/mol. The van der Waals surface area contributed by atoms with E-state index >= 15 is 0 Å². The average Bonchev–Trinajstić information content (AvgIpc) is 2.98. The Labute approximate surface area is 259 Å². The van der Waals surface area contributed by atoms with Crippen LogP contribution in [0.25, 0.3) is 0 Å². The van der Waals surface area contributed by atoms with Crippen LogP contribution in [0.4, 0.5) is 24.5 Å². The third-order valence-corrected chi connectivity index (χ3v) is 10.0. The number of carbonyl (C=O) groups is 1. The molecule has 4 rings (SSSR count). The number of hydrogen-bond acceptors (Lipinski definition) is 8. The monoisotopic (exact) mass is 652 g/mol. The number of nitrogens with zero attached hydrogens (tertiary/aromatic N) is 2. The van der Waals surface area contributed by atoms with Crippen LogP contribution in [-0.2, 0) is 9.84 Å². The number of halogens is 3. The molecule has 43 heavy (non-hydrogen) atoms. The van der Waals surface area contributed by atoms with E-state index in [0.29, 0.717) is 17.2 Å². The Morgan fingerprint density at radius 2 is 1.60 bits per heavy atom. The summed E-state index contributed by atoms with van der Waals surface area (Å²) in [4.78, 5) is 17.8. The van der Waals surface area contributed by atoms with Crippen LogP contribution in [0, 0.1) is 5.92 Å². The number of benzene rings is 3. The topological polar surface area (TPSA) is 81.8 Å². The highest BCUT2D eigenvalue weighted by atomic mass is 32.2. The fraction of sp³-hybridized carbons (Fsp3) is 0.367. The highest BCUT2D eigenvalue weighted by Gasteiger charge is 2.48. The Balaban J connectivity index is 1.37. The minimum Gasteiger partial charge on any atom is -0.383 e. The molecule has 0 atom stereocenters. The van der Waals surface area contributed by atoms with Crippen molar-refractivity contribution in [3.05, 3.63) is 78.4 Å². The molecule has 0 unspecified atom stereocenters. The molecular formula is C30H35F3N4O3S3. The summed E-state index contributed by atoms with van der Waals surface area (Å²) in [7, 11) is -5.64. The summed E-state index contributed by atoms with van der Waals surface area (Å²) in [5.41, 5.74) is -4.23. The number of amides is 1. The molecule has 3 aromatic rings. The molecule has 232 valence electrons. The normalized spacial score (nSPS) is 14.6. The van der Waals surface area contributed by atoms with Crippen LogP contribution in [0.3, 0.4) is 0 Å². The first kappa shape index (κ1) is 33.0. The van der Waals surface area contributed by atoms with Crippen LogP contribution in [-0.4, -0.2) is 69.8 Å². The predicted octanol–water partition coefficient (Wildman–Crippen LogP) is 6.40. The first-order valence-electron chi connectivity index (χ1n) is 13.9. The van der Waals surface area contributed by atoms with E-state index < -0.39 is 26.1 Å². The standard InChI is InChI=1S/C30H35F3N4O3S3/c1-22(2)21-36-15-17-37(18-16-36)24-10-8-23(9-11-24)29(38)35-42-26-12-13-27(28(20-26)43(39,40)30(31,32)33)34-14-19-41-25-6-4-3-5-7-25/h3-13,20,22,34H,14-19,21H2,1-2H3,(H,35,38). The molecule has 0 saturated carbocycles. The van der Waals surface area contributed by atoms with E-state index in [1.807, 2.05) is 42.5 Å². The van der Waals surface area contributed by atoms with Gasteiger partial charge in [0.15, 0.2) is 0 Å². The highest BCUT2D eigenvalue weighted by molar-refractivity contribution is 7.99. The lowest BCUT2D eigenvalue weighted by atomic mass is 10.1. The van der Waals surface area contributed by atoms with Gasteiger partial charge in [0, 0.05) is 66.1 Å². The van der Waals surface area contributed by atoms with Crippen LogP contribution in [0.5, 0.6) is 0 Å². The van der Waals surface area contributed by atoms with Gasteiger partial charge in [-0.05, 0) is 72.5 Å². The van der Waals surface area contributed by atoms with Crippen molar-refractivity contribution in [3.8, 4) is 0 Å². The van der Waals surface area contributed by atoms with E-state index in [1.54, 1.807) is 12.1 Å². The zero-order chi connectivity index (χ0) is 31.0. The number of hydrogen-bond donors (Lipinski definition) is 2. The zero-order valence-corrected chi connectivity index (χ0v) is 26.4. The van der Waals surface area contributed by atoms with E-state index in [4.69, 9.17) is 0 Å². The van der Waals surface area contributed by atoms with Crippen LogP contribution < -0.4 is 14.9 Å². The molecule has 0 aliphatic carbocycles. The fourth-order valence-corrected chi connectivity index (χ4v) is 7.09. The molecule has 3 aromatic carbocycles. The largest absolute Gasteiger partial charge is 0.501 e. The smallest absolute Gasteiger partial charge is 0.383 e. The maximum atomic E-state index is 13.5. The van der Waals surface area contributed by atoms with Gasteiger partial charge in [-0.1, -0.05) is 32.0 Å². The molecule has 0 spiro atoms. The van der Waals surface area contributed by atoms with E-state index in [-0.39, 0.29) is 17.1 Å². The van der Waals surface area contributed by atoms with Gasteiger partial charge in [-0.15, -0.1) is 11.8 Å². The molecule has 13 heteroatoms. The van der Waals surface area contributed by atoms with Gasteiger partial charge in [-0.3, -0.25) is 14.4 Å². The Morgan fingerprint density at radius 1 is 0.930 bits per heavy atom. The molecule has 1 heterocycles. The third-order valence-electron chi connectivity index (χ3n) is 6.73.